The summed E-state index contributed by atoms with van der Waals surface area (Å²) in [6.45, 7) is 0.0134. The second-order valence-corrected chi connectivity index (χ2v) is 8.76. The van der Waals surface area contributed by atoms with Gasteiger partial charge in [-0.15, -0.1) is 11.8 Å². The number of rotatable bonds is 11. The van der Waals surface area contributed by atoms with Gasteiger partial charge in [0.2, 0.25) is 11.8 Å². The highest BCUT2D eigenvalue weighted by Gasteiger charge is 2.30. The number of likely N-dealkylation sites (N-methyl/N-ethyl adjacent to an activating group) is 1. The van der Waals surface area contributed by atoms with Gasteiger partial charge in [-0.05, 0) is 29.3 Å². The number of hydrogen-bond donors (Lipinski definition) is 1. The molecule has 178 valence electrons. The molecule has 0 spiro atoms. The van der Waals surface area contributed by atoms with E-state index in [9.17, 15) is 14.0 Å². The first kappa shape index (κ1) is 25.3. The third kappa shape index (κ3) is 7.09. The van der Waals surface area contributed by atoms with Crippen LogP contribution < -0.4 is 10.1 Å². The second-order valence-electron chi connectivity index (χ2n) is 7.77. The molecule has 0 aliphatic rings. The summed E-state index contributed by atoms with van der Waals surface area (Å²) in [6, 6.07) is 22.8. The van der Waals surface area contributed by atoms with Crippen LogP contribution in [0, 0.1) is 5.82 Å². The first-order chi connectivity index (χ1) is 16.5. The lowest BCUT2D eigenvalue weighted by molar-refractivity contribution is -0.139. The van der Waals surface area contributed by atoms with Crippen molar-refractivity contribution in [3.8, 4) is 5.75 Å². The molecule has 0 aromatic heterocycles. The Kier molecular flexibility index (Phi) is 9.52. The number of carbonyl (C=O) groups is 2. The fraction of sp³-hybridized carbons (Fsp3) is 0.259. The van der Waals surface area contributed by atoms with Crippen LogP contribution in [0.1, 0.15) is 16.7 Å². The van der Waals surface area contributed by atoms with E-state index in [2.05, 4.69) is 5.32 Å². The Hall–Kier alpha value is -3.32. The zero-order valence-electron chi connectivity index (χ0n) is 19.4. The van der Waals surface area contributed by atoms with Gasteiger partial charge in [0.25, 0.3) is 0 Å². The summed E-state index contributed by atoms with van der Waals surface area (Å²) in [7, 11) is 3.16. The molecule has 5 nitrogen and oxygen atoms in total. The normalized spacial score (nSPS) is 11.5. The van der Waals surface area contributed by atoms with Gasteiger partial charge in [0.1, 0.15) is 17.6 Å². The maximum atomic E-state index is 14.5. The lowest BCUT2D eigenvalue weighted by Crippen LogP contribution is -2.50. The van der Waals surface area contributed by atoms with Gasteiger partial charge in [0, 0.05) is 31.3 Å². The highest BCUT2D eigenvalue weighted by molar-refractivity contribution is 7.99. The van der Waals surface area contributed by atoms with E-state index in [4.69, 9.17) is 4.74 Å². The molecule has 0 saturated carbocycles. The smallest absolute Gasteiger partial charge is 0.242 e. The number of amides is 2. The minimum absolute atomic E-state index is 0.0134. The van der Waals surface area contributed by atoms with Crippen molar-refractivity contribution >= 4 is 23.6 Å². The highest BCUT2D eigenvalue weighted by atomic mass is 32.2. The minimum Gasteiger partial charge on any atom is -0.497 e. The lowest BCUT2D eigenvalue weighted by Gasteiger charge is -2.31. The molecule has 0 fully saturated rings. The quantitative estimate of drug-likeness (QED) is 0.441. The van der Waals surface area contributed by atoms with Gasteiger partial charge in [-0.2, -0.15) is 0 Å². The zero-order valence-corrected chi connectivity index (χ0v) is 20.2. The summed E-state index contributed by atoms with van der Waals surface area (Å²) in [5.41, 5.74) is 2.36. The number of benzene rings is 3. The fourth-order valence-electron chi connectivity index (χ4n) is 3.59. The van der Waals surface area contributed by atoms with Crippen LogP contribution in [0.5, 0.6) is 5.75 Å². The highest BCUT2D eigenvalue weighted by Crippen LogP contribution is 2.20. The second kappa shape index (κ2) is 12.8. The van der Waals surface area contributed by atoms with Crippen LogP contribution in [0.25, 0.3) is 0 Å². The molecule has 0 saturated heterocycles. The van der Waals surface area contributed by atoms with Gasteiger partial charge >= 0.3 is 0 Å². The van der Waals surface area contributed by atoms with Crippen LogP contribution in [-0.4, -0.2) is 42.7 Å². The Morgan fingerprint density at radius 3 is 2.29 bits per heavy atom. The SMILES string of the molecule is CNC(=O)[C@@H](Cc1ccccc1)N(Cc1ccccc1F)C(=O)CSCc1ccc(OC)cc1. The van der Waals surface area contributed by atoms with Crippen LogP contribution in [0.3, 0.4) is 0 Å². The first-order valence-corrected chi connectivity index (χ1v) is 12.2. The van der Waals surface area contributed by atoms with Crippen LogP contribution in [0.15, 0.2) is 78.9 Å². The average Bonchev–Trinajstić information content (AvgIpc) is 2.87. The van der Waals surface area contributed by atoms with Crippen molar-refractivity contribution in [2.75, 3.05) is 19.9 Å². The van der Waals surface area contributed by atoms with Gasteiger partial charge in [-0.3, -0.25) is 9.59 Å². The number of thioether (sulfide) groups is 1. The van der Waals surface area contributed by atoms with Crippen molar-refractivity contribution in [1.29, 1.82) is 0 Å². The van der Waals surface area contributed by atoms with E-state index in [1.165, 1.54) is 22.7 Å². The Morgan fingerprint density at radius 2 is 1.65 bits per heavy atom. The van der Waals surface area contributed by atoms with Gasteiger partial charge in [0.15, 0.2) is 0 Å². The van der Waals surface area contributed by atoms with Crippen LogP contribution >= 0.6 is 11.8 Å². The van der Waals surface area contributed by atoms with E-state index in [-0.39, 0.29) is 24.1 Å². The van der Waals surface area contributed by atoms with Gasteiger partial charge in [0.05, 0.1) is 12.9 Å². The molecular weight excluding hydrogens is 451 g/mol. The largest absolute Gasteiger partial charge is 0.497 e. The molecule has 2 amide bonds. The molecule has 0 aliphatic carbocycles. The monoisotopic (exact) mass is 480 g/mol. The summed E-state index contributed by atoms with van der Waals surface area (Å²) in [6.07, 6.45) is 0.337. The van der Waals surface area contributed by atoms with Crippen molar-refractivity contribution in [3.63, 3.8) is 0 Å². The van der Waals surface area contributed by atoms with Crippen LogP contribution in [0.2, 0.25) is 0 Å². The molecule has 0 aliphatic heterocycles. The Morgan fingerprint density at radius 1 is 0.971 bits per heavy atom. The van der Waals surface area contributed by atoms with E-state index in [0.29, 0.717) is 17.7 Å². The van der Waals surface area contributed by atoms with Crippen LogP contribution in [-0.2, 0) is 28.3 Å². The van der Waals surface area contributed by atoms with E-state index in [1.807, 2.05) is 54.6 Å². The third-order valence-electron chi connectivity index (χ3n) is 5.47. The van der Waals surface area contributed by atoms with Crippen molar-refractivity contribution in [2.24, 2.45) is 0 Å². The number of methoxy groups -OCH3 is 1. The predicted octanol–water partition coefficient (Wildman–Crippen LogP) is 4.45. The standard InChI is InChI=1S/C27H29FN2O3S/c1-29-27(32)25(16-20-8-4-3-5-9-20)30(17-22-10-6-7-11-24(22)28)26(31)19-34-18-21-12-14-23(33-2)15-13-21/h3-15,25H,16-19H2,1-2H3,(H,29,32)/t25-/m1/s1. The molecule has 0 radical (unpaired) electrons. The molecule has 3 aromatic rings. The summed E-state index contributed by atoms with van der Waals surface area (Å²) in [5.74, 6) is 0.673. The van der Waals surface area contributed by atoms with Crippen LogP contribution in [0.4, 0.5) is 4.39 Å². The number of halogens is 1. The maximum absolute atomic E-state index is 14.5. The van der Waals surface area contributed by atoms with E-state index in [1.54, 1.807) is 32.4 Å². The lowest BCUT2D eigenvalue weighted by atomic mass is 10.0. The summed E-state index contributed by atoms with van der Waals surface area (Å²) >= 11 is 1.46. The van der Waals surface area contributed by atoms with Crippen molar-refractivity contribution < 1.29 is 18.7 Å². The minimum atomic E-state index is -0.763. The number of carbonyl (C=O) groups excluding carboxylic acids is 2. The van der Waals surface area contributed by atoms with Crippen molar-refractivity contribution in [3.05, 3.63) is 101 Å². The van der Waals surface area contributed by atoms with E-state index in [0.717, 1.165) is 16.9 Å². The Labute approximate surface area is 204 Å². The predicted molar refractivity (Wildman–Crippen MR) is 134 cm³/mol. The number of nitrogens with zero attached hydrogens (tertiary/aromatic N) is 1. The maximum Gasteiger partial charge on any atom is 0.242 e. The third-order valence-corrected chi connectivity index (χ3v) is 6.46. The zero-order chi connectivity index (χ0) is 24.3. The topological polar surface area (TPSA) is 58.6 Å². The molecular formula is C27H29FN2O3S. The van der Waals surface area contributed by atoms with Gasteiger partial charge < -0.3 is 15.0 Å². The fourth-order valence-corrected chi connectivity index (χ4v) is 4.46. The molecule has 3 aromatic carbocycles. The first-order valence-electron chi connectivity index (χ1n) is 11.0. The number of nitrogens with one attached hydrogen (secondary N) is 1. The van der Waals surface area contributed by atoms with Crippen molar-refractivity contribution in [1.82, 2.24) is 10.2 Å². The van der Waals surface area contributed by atoms with Gasteiger partial charge in [-0.1, -0.05) is 60.7 Å². The van der Waals surface area contributed by atoms with Gasteiger partial charge in [-0.25, -0.2) is 4.39 Å². The molecule has 0 heterocycles. The Bertz CT molecular complexity index is 1080. The summed E-state index contributed by atoms with van der Waals surface area (Å²) in [5, 5.41) is 2.67. The number of ether oxygens (including phenoxy) is 1. The molecule has 34 heavy (non-hydrogen) atoms. The average molecular weight is 481 g/mol. The number of hydrogen-bond acceptors (Lipinski definition) is 4. The Balaban J connectivity index is 1.79. The molecule has 7 heteroatoms. The van der Waals surface area contributed by atoms with E-state index < -0.39 is 11.9 Å². The molecule has 0 unspecified atom stereocenters. The molecule has 1 N–H and O–H groups in total. The van der Waals surface area contributed by atoms with E-state index >= 15 is 0 Å². The van der Waals surface area contributed by atoms with Crippen molar-refractivity contribution in [2.45, 2.75) is 24.8 Å². The molecule has 3 rings (SSSR count). The molecule has 1 atom stereocenters. The summed E-state index contributed by atoms with van der Waals surface area (Å²) in [4.78, 5) is 27.8. The molecule has 0 bridgehead atoms. The summed E-state index contributed by atoms with van der Waals surface area (Å²) < 4.78 is 19.6.